The van der Waals surface area contributed by atoms with Gasteiger partial charge in [0.2, 0.25) is 0 Å². The van der Waals surface area contributed by atoms with Crippen molar-refractivity contribution in [2.24, 2.45) is 0 Å². The lowest BCUT2D eigenvalue weighted by atomic mass is 10.1. The van der Waals surface area contributed by atoms with Crippen LogP contribution in [0.4, 0.5) is 5.69 Å². The highest BCUT2D eigenvalue weighted by molar-refractivity contribution is 5.94. The molecule has 0 bridgehead atoms. The third kappa shape index (κ3) is 3.94. The third-order valence-corrected chi connectivity index (χ3v) is 2.72. The van der Waals surface area contributed by atoms with E-state index in [4.69, 9.17) is 0 Å². The maximum absolute atomic E-state index is 11.8. The van der Waals surface area contributed by atoms with Crippen LogP contribution < -0.4 is 16.2 Å². The average Bonchev–Trinajstić information content (AvgIpc) is 2.44. The Bertz CT molecular complexity index is 634. The van der Waals surface area contributed by atoms with E-state index in [1.165, 1.54) is 12.3 Å². The molecule has 2 rings (SSSR count). The van der Waals surface area contributed by atoms with Gasteiger partial charge in [0.25, 0.3) is 11.5 Å². The summed E-state index contributed by atoms with van der Waals surface area (Å²) in [6.07, 6.45) is 1.52. The number of H-pyrrole nitrogens is 1. The van der Waals surface area contributed by atoms with Crippen molar-refractivity contribution in [3.63, 3.8) is 0 Å². The Morgan fingerprint density at radius 2 is 2.00 bits per heavy atom. The van der Waals surface area contributed by atoms with Crippen molar-refractivity contribution in [2.75, 3.05) is 18.4 Å². The zero-order valence-electron chi connectivity index (χ0n) is 11.1. The highest BCUT2D eigenvalue weighted by Crippen LogP contribution is 2.02. The van der Waals surface area contributed by atoms with Gasteiger partial charge in [0.05, 0.1) is 11.9 Å². The van der Waals surface area contributed by atoms with E-state index < -0.39 is 0 Å². The zero-order chi connectivity index (χ0) is 14.4. The van der Waals surface area contributed by atoms with Gasteiger partial charge in [-0.15, -0.1) is 0 Å². The predicted molar refractivity (Wildman–Crippen MR) is 76.9 cm³/mol. The molecule has 0 aliphatic heterocycles. The largest absolute Gasteiger partial charge is 0.382 e. The number of aromatic nitrogens is 2. The minimum Gasteiger partial charge on any atom is -0.382 e. The van der Waals surface area contributed by atoms with Crippen LogP contribution in [0.25, 0.3) is 0 Å². The van der Waals surface area contributed by atoms with Crippen molar-refractivity contribution in [3.05, 3.63) is 58.0 Å². The molecule has 20 heavy (non-hydrogen) atoms. The van der Waals surface area contributed by atoms with Crippen molar-refractivity contribution < 1.29 is 4.79 Å². The predicted octanol–water partition coefficient (Wildman–Crippen LogP) is 0.920. The summed E-state index contributed by atoms with van der Waals surface area (Å²) in [5.74, 6) is -0.115. The molecular weight excluding hydrogens is 256 g/mol. The van der Waals surface area contributed by atoms with Crippen LogP contribution in [-0.4, -0.2) is 29.2 Å². The maximum Gasteiger partial charge on any atom is 0.266 e. The van der Waals surface area contributed by atoms with E-state index in [2.05, 4.69) is 20.8 Å². The minimum absolute atomic E-state index is 0.115. The van der Waals surface area contributed by atoms with Crippen LogP contribution in [0.1, 0.15) is 15.9 Å². The molecular formula is C14H16N4O2. The lowest BCUT2D eigenvalue weighted by Gasteiger charge is -2.07. The Morgan fingerprint density at radius 3 is 2.70 bits per heavy atom. The first kappa shape index (κ1) is 13.8. The van der Waals surface area contributed by atoms with Crippen LogP contribution >= 0.6 is 0 Å². The van der Waals surface area contributed by atoms with Gasteiger partial charge in [-0.25, -0.2) is 5.10 Å². The van der Waals surface area contributed by atoms with E-state index in [9.17, 15) is 9.59 Å². The molecule has 6 heteroatoms. The van der Waals surface area contributed by atoms with Crippen LogP contribution in [0.5, 0.6) is 0 Å². The van der Waals surface area contributed by atoms with Crippen molar-refractivity contribution in [3.8, 4) is 0 Å². The van der Waals surface area contributed by atoms with Crippen LogP contribution in [0.15, 0.2) is 41.3 Å². The van der Waals surface area contributed by atoms with Crippen molar-refractivity contribution in [1.82, 2.24) is 15.5 Å². The number of hydrogen-bond acceptors (Lipinski definition) is 4. The molecule has 0 radical (unpaired) electrons. The van der Waals surface area contributed by atoms with E-state index in [-0.39, 0.29) is 11.5 Å². The van der Waals surface area contributed by atoms with E-state index in [0.29, 0.717) is 24.3 Å². The van der Waals surface area contributed by atoms with Gasteiger partial charge in [-0.3, -0.25) is 9.59 Å². The van der Waals surface area contributed by atoms with Crippen LogP contribution in [0.2, 0.25) is 0 Å². The van der Waals surface area contributed by atoms with Gasteiger partial charge in [0.1, 0.15) is 0 Å². The third-order valence-electron chi connectivity index (χ3n) is 2.72. The molecule has 0 aliphatic rings. The summed E-state index contributed by atoms with van der Waals surface area (Å²) in [7, 11) is 0. The summed E-state index contributed by atoms with van der Waals surface area (Å²) in [4.78, 5) is 22.8. The minimum atomic E-state index is -0.265. The molecule has 0 atom stereocenters. The number of aromatic amines is 1. The Labute approximate surface area is 116 Å². The highest BCUT2D eigenvalue weighted by Gasteiger charge is 2.03. The van der Waals surface area contributed by atoms with E-state index in [1.54, 1.807) is 12.1 Å². The Balaban J connectivity index is 1.77. The number of nitrogens with one attached hydrogen (secondary N) is 3. The molecule has 0 spiro atoms. The van der Waals surface area contributed by atoms with Crippen LogP contribution in [0.3, 0.4) is 0 Å². The summed E-state index contributed by atoms with van der Waals surface area (Å²) >= 11 is 0. The second-order valence-electron chi connectivity index (χ2n) is 4.38. The first-order valence-electron chi connectivity index (χ1n) is 6.28. The number of carbonyl (C=O) groups is 1. The lowest BCUT2D eigenvalue weighted by Crippen LogP contribution is -2.28. The molecule has 0 saturated heterocycles. The number of amides is 1. The Kier molecular flexibility index (Phi) is 4.49. The van der Waals surface area contributed by atoms with Gasteiger partial charge >= 0.3 is 0 Å². The van der Waals surface area contributed by atoms with Crippen LogP contribution in [0, 0.1) is 6.92 Å². The van der Waals surface area contributed by atoms with Crippen molar-refractivity contribution in [2.45, 2.75) is 6.92 Å². The molecule has 1 aromatic heterocycles. The standard InChI is InChI=1S/C14H16N4O2/c1-10-2-4-11(5-3-10)14(20)16-7-6-15-12-8-13(19)18-17-9-12/h2-5,8-9H,6-7H2,1H3,(H,16,20)(H2,15,18,19). The van der Waals surface area contributed by atoms with Crippen molar-refractivity contribution >= 4 is 11.6 Å². The van der Waals surface area contributed by atoms with Gasteiger partial charge in [0, 0.05) is 24.7 Å². The summed E-state index contributed by atoms with van der Waals surface area (Å²) in [5.41, 5.74) is 2.11. The second-order valence-corrected chi connectivity index (χ2v) is 4.38. The SMILES string of the molecule is Cc1ccc(C(=O)NCCNc2cn[nH]c(=O)c2)cc1. The zero-order valence-corrected chi connectivity index (χ0v) is 11.1. The van der Waals surface area contributed by atoms with Gasteiger partial charge in [-0.2, -0.15) is 5.10 Å². The Morgan fingerprint density at radius 1 is 1.25 bits per heavy atom. The molecule has 6 nitrogen and oxygen atoms in total. The first-order chi connectivity index (χ1) is 9.65. The van der Waals surface area contributed by atoms with Gasteiger partial charge in [-0.1, -0.05) is 17.7 Å². The number of carbonyl (C=O) groups excluding carboxylic acids is 1. The molecule has 0 fully saturated rings. The highest BCUT2D eigenvalue weighted by atomic mass is 16.1. The number of benzene rings is 1. The molecule has 1 aromatic carbocycles. The van der Waals surface area contributed by atoms with Gasteiger partial charge in [0.15, 0.2) is 0 Å². The van der Waals surface area contributed by atoms with Gasteiger partial charge in [-0.05, 0) is 19.1 Å². The van der Waals surface area contributed by atoms with E-state index in [0.717, 1.165) is 5.56 Å². The smallest absolute Gasteiger partial charge is 0.266 e. The number of aryl methyl sites for hydroxylation is 1. The molecule has 1 heterocycles. The number of rotatable bonds is 5. The molecule has 104 valence electrons. The first-order valence-corrected chi connectivity index (χ1v) is 6.28. The number of anilines is 1. The molecule has 2 aromatic rings. The maximum atomic E-state index is 11.8. The summed E-state index contributed by atoms with van der Waals surface area (Å²) in [6.45, 7) is 2.95. The summed E-state index contributed by atoms with van der Waals surface area (Å²) < 4.78 is 0. The fourth-order valence-electron chi connectivity index (χ4n) is 1.66. The fourth-order valence-corrected chi connectivity index (χ4v) is 1.66. The topological polar surface area (TPSA) is 86.9 Å². The van der Waals surface area contributed by atoms with E-state index in [1.807, 2.05) is 19.1 Å². The van der Waals surface area contributed by atoms with Crippen molar-refractivity contribution in [1.29, 1.82) is 0 Å². The molecule has 0 aliphatic carbocycles. The average molecular weight is 272 g/mol. The molecule has 0 unspecified atom stereocenters. The lowest BCUT2D eigenvalue weighted by molar-refractivity contribution is 0.0955. The molecule has 3 N–H and O–H groups in total. The number of nitrogens with zero attached hydrogens (tertiary/aromatic N) is 1. The number of hydrogen-bond donors (Lipinski definition) is 3. The molecule has 0 saturated carbocycles. The van der Waals surface area contributed by atoms with E-state index >= 15 is 0 Å². The second kappa shape index (κ2) is 6.51. The normalized spacial score (nSPS) is 10.1. The Hall–Kier alpha value is -2.63. The monoisotopic (exact) mass is 272 g/mol. The summed E-state index contributed by atoms with van der Waals surface area (Å²) in [6, 6.07) is 8.79. The summed E-state index contributed by atoms with van der Waals surface area (Å²) in [5, 5.41) is 11.8. The fraction of sp³-hybridized carbons (Fsp3) is 0.214. The van der Waals surface area contributed by atoms with Gasteiger partial charge < -0.3 is 10.6 Å². The van der Waals surface area contributed by atoms with Crippen LogP contribution in [-0.2, 0) is 0 Å². The quantitative estimate of drug-likeness (QED) is 0.706. The molecule has 1 amide bonds.